The second-order valence-corrected chi connectivity index (χ2v) is 6.59. The standard InChI is InChI=1S/C18H25N5O/c1-12-5-4-10-22(17(12)11-19)18(24)15-6-8-16(9-7-15)23-14(3)20-13(2)21-23/h6-9,12,17H,4-5,10-11,19H2,1-3H3/t12-,17+/m1/s1. The molecule has 0 unspecified atom stereocenters. The average Bonchev–Trinajstić information content (AvgIpc) is 2.92. The molecule has 128 valence electrons. The maximum Gasteiger partial charge on any atom is 0.254 e. The van der Waals surface area contributed by atoms with E-state index in [9.17, 15) is 4.79 Å². The molecule has 3 rings (SSSR count). The van der Waals surface area contributed by atoms with E-state index in [1.54, 1.807) is 4.68 Å². The molecule has 1 aromatic carbocycles. The van der Waals surface area contributed by atoms with Gasteiger partial charge >= 0.3 is 0 Å². The Morgan fingerprint density at radius 2 is 2.00 bits per heavy atom. The molecule has 1 amide bonds. The summed E-state index contributed by atoms with van der Waals surface area (Å²) >= 11 is 0. The molecule has 1 aliphatic rings. The molecule has 0 spiro atoms. The molecule has 1 fully saturated rings. The minimum absolute atomic E-state index is 0.0649. The zero-order valence-electron chi connectivity index (χ0n) is 14.6. The molecule has 6 heteroatoms. The summed E-state index contributed by atoms with van der Waals surface area (Å²) in [6.07, 6.45) is 2.18. The predicted molar refractivity (Wildman–Crippen MR) is 93.1 cm³/mol. The molecule has 2 N–H and O–H groups in total. The summed E-state index contributed by atoms with van der Waals surface area (Å²) in [7, 11) is 0. The normalized spacial score (nSPS) is 21.1. The quantitative estimate of drug-likeness (QED) is 0.936. The van der Waals surface area contributed by atoms with Gasteiger partial charge in [0, 0.05) is 24.7 Å². The third-order valence-corrected chi connectivity index (χ3v) is 4.85. The Hall–Kier alpha value is -2.21. The second-order valence-electron chi connectivity index (χ2n) is 6.59. The SMILES string of the molecule is Cc1nc(C)n(-c2ccc(C(=O)N3CCC[C@@H](C)[C@@H]3CN)cc2)n1. The number of hydrogen-bond donors (Lipinski definition) is 1. The van der Waals surface area contributed by atoms with Crippen LogP contribution in [0.25, 0.3) is 5.69 Å². The van der Waals surface area contributed by atoms with E-state index in [2.05, 4.69) is 17.0 Å². The Balaban J connectivity index is 1.82. The Morgan fingerprint density at radius 1 is 1.29 bits per heavy atom. The molecule has 1 aliphatic heterocycles. The van der Waals surface area contributed by atoms with Crippen molar-refractivity contribution >= 4 is 5.91 Å². The highest BCUT2D eigenvalue weighted by atomic mass is 16.2. The molecule has 0 bridgehead atoms. The molecule has 1 aromatic heterocycles. The number of nitrogens with two attached hydrogens (primary N) is 1. The molecule has 0 radical (unpaired) electrons. The molecular formula is C18H25N5O. The number of amides is 1. The average molecular weight is 327 g/mol. The van der Waals surface area contributed by atoms with E-state index < -0.39 is 0 Å². The van der Waals surface area contributed by atoms with Gasteiger partial charge in [-0.05, 0) is 56.9 Å². The van der Waals surface area contributed by atoms with Gasteiger partial charge in [-0.1, -0.05) is 6.92 Å². The monoisotopic (exact) mass is 327 g/mol. The van der Waals surface area contributed by atoms with Crippen molar-refractivity contribution in [2.75, 3.05) is 13.1 Å². The fourth-order valence-electron chi connectivity index (χ4n) is 3.54. The summed E-state index contributed by atoms with van der Waals surface area (Å²) in [6.45, 7) is 7.26. The largest absolute Gasteiger partial charge is 0.334 e. The minimum atomic E-state index is 0.0649. The van der Waals surface area contributed by atoms with Crippen molar-refractivity contribution in [1.82, 2.24) is 19.7 Å². The van der Waals surface area contributed by atoms with Crippen LogP contribution in [-0.2, 0) is 0 Å². The van der Waals surface area contributed by atoms with E-state index in [4.69, 9.17) is 5.73 Å². The first kappa shape index (κ1) is 16.6. The van der Waals surface area contributed by atoms with Crippen molar-refractivity contribution in [2.24, 2.45) is 11.7 Å². The van der Waals surface area contributed by atoms with Gasteiger partial charge in [-0.25, -0.2) is 9.67 Å². The first-order valence-corrected chi connectivity index (χ1v) is 8.53. The van der Waals surface area contributed by atoms with Gasteiger partial charge in [0.1, 0.15) is 11.6 Å². The van der Waals surface area contributed by atoms with Crippen LogP contribution >= 0.6 is 0 Å². The number of piperidine rings is 1. The number of carbonyl (C=O) groups is 1. The smallest absolute Gasteiger partial charge is 0.254 e. The first-order chi connectivity index (χ1) is 11.5. The van der Waals surface area contributed by atoms with E-state index in [-0.39, 0.29) is 11.9 Å². The highest BCUT2D eigenvalue weighted by Crippen LogP contribution is 2.24. The van der Waals surface area contributed by atoms with Gasteiger partial charge in [-0.15, -0.1) is 0 Å². The van der Waals surface area contributed by atoms with Gasteiger partial charge in [0.25, 0.3) is 5.91 Å². The summed E-state index contributed by atoms with van der Waals surface area (Å²) in [5, 5.41) is 4.37. The lowest BCUT2D eigenvalue weighted by molar-refractivity contribution is 0.0532. The van der Waals surface area contributed by atoms with Crippen molar-refractivity contribution in [1.29, 1.82) is 0 Å². The van der Waals surface area contributed by atoms with Crippen molar-refractivity contribution < 1.29 is 4.79 Å². The summed E-state index contributed by atoms with van der Waals surface area (Å²) in [6, 6.07) is 7.69. The summed E-state index contributed by atoms with van der Waals surface area (Å²) in [5.74, 6) is 2.09. The van der Waals surface area contributed by atoms with Crippen LogP contribution in [0.15, 0.2) is 24.3 Å². The fourth-order valence-corrected chi connectivity index (χ4v) is 3.54. The number of aromatic nitrogens is 3. The Labute approximate surface area is 142 Å². The summed E-state index contributed by atoms with van der Waals surface area (Å²) < 4.78 is 1.79. The molecule has 6 nitrogen and oxygen atoms in total. The van der Waals surface area contributed by atoms with Crippen LogP contribution in [0.2, 0.25) is 0 Å². The maximum absolute atomic E-state index is 12.9. The minimum Gasteiger partial charge on any atom is -0.334 e. The Morgan fingerprint density at radius 3 is 2.58 bits per heavy atom. The van der Waals surface area contributed by atoms with Gasteiger partial charge in [-0.2, -0.15) is 5.10 Å². The van der Waals surface area contributed by atoms with Gasteiger partial charge in [0.15, 0.2) is 0 Å². The molecule has 0 aliphatic carbocycles. The lowest BCUT2D eigenvalue weighted by atomic mass is 9.90. The molecular weight excluding hydrogens is 302 g/mol. The van der Waals surface area contributed by atoms with E-state index in [0.29, 0.717) is 18.0 Å². The van der Waals surface area contributed by atoms with Crippen LogP contribution in [0.4, 0.5) is 0 Å². The van der Waals surface area contributed by atoms with E-state index in [1.165, 1.54) is 0 Å². The topological polar surface area (TPSA) is 77.0 Å². The highest BCUT2D eigenvalue weighted by molar-refractivity contribution is 5.94. The molecule has 2 atom stereocenters. The van der Waals surface area contributed by atoms with Crippen LogP contribution in [0.3, 0.4) is 0 Å². The van der Waals surface area contributed by atoms with Crippen molar-refractivity contribution in [3.05, 3.63) is 41.5 Å². The molecule has 24 heavy (non-hydrogen) atoms. The van der Waals surface area contributed by atoms with Gasteiger partial charge in [-0.3, -0.25) is 4.79 Å². The number of nitrogens with zero attached hydrogens (tertiary/aromatic N) is 4. The van der Waals surface area contributed by atoms with E-state index in [1.807, 2.05) is 43.0 Å². The highest BCUT2D eigenvalue weighted by Gasteiger charge is 2.31. The van der Waals surface area contributed by atoms with Crippen LogP contribution in [0, 0.1) is 19.8 Å². The maximum atomic E-state index is 12.9. The second kappa shape index (κ2) is 6.73. The number of aryl methyl sites for hydroxylation is 2. The van der Waals surface area contributed by atoms with Crippen molar-refractivity contribution in [2.45, 2.75) is 39.7 Å². The van der Waals surface area contributed by atoms with Gasteiger partial charge in [0.05, 0.1) is 5.69 Å². The van der Waals surface area contributed by atoms with Crippen LogP contribution < -0.4 is 5.73 Å². The summed E-state index contributed by atoms with van der Waals surface area (Å²) in [4.78, 5) is 19.1. The molecule has 1 saturated heterocycles. The molecule has 2 heterocycles. The van der Waals surface area contributed by atoms with Gasteiger partial charge in [0.2, 0.25) is 0 Å². The van der Waals surface area contributed by atoms with Crippen LogP contribution in [0.1, 0.15) is 41.8 Å². The van der Waals surface area contributed by atoms with E-state index >= 15 is 0 Å². The Kier molecular flexibility index (Phi) is 4.66. The fraction of sp³-hybridized carbons (Fsp3) is 0.500. The third-order valence-electron chi connectivity index (χ3n) is 4.85. The lowest BCUT2D eigenvalue weighted by Gasteiger charge is -2.39. The molecule has 0 saturated carbocycles. The number of rotatable bonds is 3. The first-order valence-electron chi connectivity index (χ1n) is 8.53. The molecule has 2 aromatic rings. The third kappa shape index (κ3) is 3.06. The van der Waals surface area contributed by atoms with Gasteiger partial charge < -0.3 is 10.6 Å². The predicted octanol–water partition coefficient (Wildman–Crippen LogP) is 2.08. The number of carbonyl (C=O) groups excluding carboxylic acids is 1. The zero-order chi connectivity index (χ0) is 17.3. The number of hydrogen-bond acceptors (Lipinski definition) is 4. The number of likely N-dealkylation sites (tertiary alicyclic amines) is 1. The Bertz CT molecular complexity index is 722. The van der Waals surface area contributed by atoms with Crippen LogP contribution in [0.5, 0.6) is 0 Å². The van der Waals surface area contributed by atoms with Crippen LogP contribution in [-0.4, -0.2) is 44.7 Å². The van der Waals surface area contributed by atoms with Crippen molar-refractivity contribution in [3.63, 3.8) is 0 Å². The lowest BCUT2D eigenvalue weighted by Crippen LogP contribution is -2.51. The van der Waals surface area contributed by atoms with E-state index in [0.717, 1.165) is 36.7 Å². The zero-order valence-corrected chi connectivity index (χ0v) is 14.6. The summed E-state index contributed by atoms with van der Waals surface area (Å²) in [5.41, 5.74) is 7.51. The number of benzene rings is 1. The van der Waals surface area contributed by atoms with Crippen molar-refractivity contribution in [3.8, 4) is 5.69 Å².